The first-order valence-corrected chi connectivity index (χ1v) is 31.0. The third-order valence-corrected chi connectivity index (χ3v) is 16.3. The van der Waals surface area contributed by atoms with E-state index in [2.05, 4.69) is 43.8 Å². The first kappa shape index (κ1) is 67.9. The monoisotopic (exact) mass is 1220 g/mol. The van der Waals surface area contributed by atoms with E-state index in [9.17, 15) is 29.1 Å². The van der Waals surface area contributed by atoms with Crippen molar-refractivity contribution in [3.63, 3.8) is 0 Å². The number of thiazole rings is 1. The van der Waals surface area contributed by atoms with Crippen LogP contribution in [0.3, 0.4) is 0 Å². The fourth-order valence-electron chi connectivity index (χ4n) is 10.6. The summed E-state index contributed by atoms with van der Waals surface area (Å²) in [4.78, 5) is 79.1. The minimum absolute atomic E-state index is 0.0230. The Labute approximate surface area is 515 Å². The van der Waals surface area contributed by atoms with Gasteiger partial charge >= 0.3 is 0 Å². The SMILES string of the molecule is CCN(c1cc(-c2ccc(OCCOCCOCCOCCOCCOCCOCC(=O)N[C@H](C(=O)N3C[C@H](O)C[C@H]3C(=O)NCc3ccc(-c4scnc4C)cc3)C(C)(C)C)cc2)cc(C(=O)NCc2c(C)cc(C)[nH]c2=O)c1C)C1CCOCC1. The molecule has 0 saturated carbocycles. The molecule has 3 aromatic carbocycles. The number of carbonyl (C=O) groups is 4. The third kappa shape index (κ3) is 20.5. The number of H-pyrrole nitrogens is 1. The van der Waals surface area contributed by atoms with Crippen molar-refractivity contribution in [1.29, 1.82) is 0 Å². The number of pyridine rings is 1. The molecule has 2 aromatic heterocycles. The van der Waals surface area contributed by atoms with E-state index in [-0.39, 0.29) is 69.3 Å². The molecule has 2 aliphatic rings. The third-order valence-electron chi connectivity index (χ3n) is 15.3. The zero-order chi connectivity index (χ0) is 62.3. The van der Waals surface area contributed by atoms with Crippen molar-refractivity contribution in [2.24, 2.45) is 5.41 Å². The fraction of sp³-hybridized carbons (Fsp3) is 0.538. The van der Waals surface area contributed by atoms with Gasteiger partial charge in [0.2, 0.25) is 17.7 Å². The molecule has 0 bridgehead atoms. The summed E-state index contributed by atoms with van der Waals surface area (Å²) in [5.41, 5.74) is 10.2. The van der Waals surface area contributed by atoms with E-state index in [0.29, 0.717) is 96.2 Å². The van der Waals surface area contributed by atoms with Crippen molar-refractivity contribution in [2.75, 3.05) is 117 Å². The van der Waals surface area contributed by atoms with Crippen LogP contribution in [0.15, 0.2) is 77.0 Å². The number of nitrogens with one attached hydrogen (secondary N) is 4. The van der Waals surface area contributed by atoms with E-state index in [0.717, 1.165) is 74.7 Å². The van der Waals surface area contributed by atoms with Crippen molar-refractivity contribution >= 4 is 40.7 Å². The van der Waals surface area contributed by atoms with E-state index in [1.165, 1.54) is 4.90 Å². The molecular formula is C65H89N7O14S. The standard InChI is InChI=1S/C65H89N7O14S/c1-9-71(51-18-20-79-21-19-51)56-36-50(35-54(45(56)4)61(75)67-39-55-43(2)34-44(3)69-62(55)76)48-14-16-53(17-15-48)86-33-32-84-29-28-82-25-24-80-22-23-81-26-27-83-30-31-85-41-58(74)70-60(65(6,7)8)64(78)72-40-52(73)37-57(72)63(77)66-38-47-10-12-49(13-11-47)59-46(5)68-42-87-59/h10-17,34-36,42,51-52,57,60,73H,9,18-33,37-41H2,1-8H3,(H,66,77)(H,67,75)(H,69,76)(H,70,74)/t52-,57+,60-/m1/s1. The molecule has 0 radical (unpaired) electrons. The highest BCUT2D eigenvalue weighted by atomic mass is 32.1. The number of aryl methyl sites for hydroxylation is 3. The molecule has 5 aromatic rings. The number of likely N-dealkylation sites (tertiary alicyclic amines) is 1. The second-order valence-corrected chi connectivity index (χ2v) is 23.7. The number of amides is 4. The Balaban J connectivity index is 0.706. The van der Waals surface area contributed by atoms with Crippen molar-refractivity contribution in [3.8, 4) is 27.3 Å². The predicted octanol–water partition coefficient (Wildman–Crippen LogP) is 6.62. The van der Waals surface area contributed by atoms with Gasteiger partial charge in [0.15, 0.2) is 0 Å². The van der Waals surface area contributed by atoms with Gasteiger partial charge in [-0.2, -0.15) is 0 Å². The second-order valence-electron chi connectivity index (χ2n) is 22.9. The maximum Gasteiger partial charge on any atom is 0.253 e. The number of aliphatic hydroxyl groups is 1. The lowest BCUT2D eigenvalue weighted by Gasteiger charge is -2.37. The lowest BCUT2D eigenvalue weighted by molar-refractivity contribution is -0.144. The summed E-state index contributed by atoms with van der Waals surface area (Å²) in [6.07, 6.45) is 1.02. The summed E-state index contributed by atoms with van der Waals surface area (Å²) < 4.78 is 45.3. The lowest BCUT2D eigenvalue weighted by Crippen LogP contribution is -2.58. The number of aliphatic hydroxyl groups excluding tert-OH is 1. The molecule has 5 N–H and O–H groups in total. The molecule has 2 saturated heterocycles. The average Bonchev–Trinajstić information content (AvgIpc) is 2.88. The summed E-state index contributed by atoms with van der Waals surface area (Å²) in [5, 5.41) is 19.3. The molecule has 0 aliphatic carbocycles. The van der Waals surface area contributed by atoms with Crippen LogP contribution in [0.4, 0.5) is 5.69 Å². The quantitative estimate of drug-likeness (QED) is 0.0271. The molecule has 22 heteroatoms. The minimum Gasteiger partial charge on any atom is -0.491 e. The van der Waals surface area contributed by atoms with Crippen LogP contribution in [0.2, 0.25) is 0 Å². The molecule has 87 heavy (non-hydrogen) atoms. The van der Waals surface area contributed by atoms with Crippen LogP contribution in [-0.2, 0) is 60.6 Å². The van der Waals surface area contributed by atoms with E-state index in [4.69, 9.17) is 37.9 Å². The van der Waals surface area contributed by atoms with E-state index >= 15 is 0 Å². The predicted molar refractivity (Wildman–Crippen MR) is 333 cm³/mol. The molecular weight excluding hydrogens is 1130 g/mol. The Hall–Kier alpha value is -6.60. The molecule has 3 atom stereocenters. The molecule has 2 fully saturated rings. The maximum atomic E-state index is 14.0. The molecule has 474 valence electrons. The number of benzene rings is 3. The number of aromatic amines is 1. The van der Waals surface area contributed by atoms with Gasteiger partial charge in [-0.3, -0.25) is 24.0 Å². The van der Waals surface area contributed by atoms with Crippen LogP contribution in [0.25, 0.3) is 21.6 Å². The summed E-state index contributed by atoms with van der Waals surface area (Å²) >= 11 is 1.57. The van der Waals surface area contributed by atoms with Gasteiger partial charge in [0.1, 0.15) is 31.0 Å². The van der Waals surface area contributed by atoms with Crippen molar-refractivity contribution in [3.05, 3.63) is 122 Å². The normalized spacial score (nSPS) is 15.8. The number of ether oxygens (including phenoxy) is 8. The Kier molecular flexibility index (Phi) is 26.7. The zero-order valence-electron chi connectivity index (χ0n) is 51.8. The topological polar surface area (TPSA) is 251 Å². The van der Waals surface area contributed by atoms with Gasteiger partial charge in [0.25, 0.3) is 11.5 Å². The number of hydrogen-bond donors (Lipinski definition) is 5. The molecule has 2 aliphatic heterocycles. The van der Waals surface area contributed by atoms with Gasteiger partial charge in [0, 0.05) is 74.4 Å². The minimum atomic E-state index is -0.973. The zero-order valence-corrected chi connectivity index (χ0v) is 52.6. The fourth-order valence-corrected chi connectivity index (χ4v) is 11.4. The highest BCUT2D eigenvalue weighted by molar-refractivity contribution is 7.13. The number of β-amino-alcohol motifs (C(OH)–C–C–N with tert-alkyl or cyclic N) is 1. The first-order valence-electron chi connectivity index (χ1n) is 30.1. The Morgan fingerprint density at radius 3 is 1.94 bits per heavy atom. The van der Waals surface area contributed by atoms with Gasteiger partial charge in [0.05, 0.1) is 94.9 Å². The maximum absolute atomic E-state index is 14.0. The number of rotatable bonds is 34. The highest BCUT2D eigenvalue weighted by Gasteiger charge is 2.44. The number of nitrogens with zero attached hydrogens (tertiary/aromatic N) is 3. The van der Waals surface area contributed by atoms with E-state index < -0.39 is 35.4 Å². The van der Waals surface area contributed by atoms with Crippen LogP contribution in [0, 0.1) is 33.1 Å². The molecule has 4 heterocycles. The highest BCUT2D eigenvalue weighted by Crippen LogP contribution is 2.35. The molecule has 0 unspecified atom stereocenters. The van der Waals surface area contributed by atoms with Gasteiger partial charge in [-0.1, -0.05) is 57.2 Å². The molecule has 4 amide bonds. The van der Waals surface area contributed by atoms with Gasteiger partial charge in [-0.25, -0.2) is 4.98 Å². The van der Waals surface area contributed by atoms with Crippen LogP contribution in [-0.4, -0.2) is 180 Å². The number of anilines is 1. The van der Waals surface area contributed by atoms with Crippen molar-refractivity contribution in [1.82, 2.24) is 30.8 Å². The van der Waals surface area contributed by atoms with Gasteiger partial charge < -0.3 is 73.7 Å². The Morgan fingerprint density at radius 2 is 1.37 bits per heavy atom. The summed E-state index contributed by atoms with van der Waals surface area (Å²) in [6, 6.07) is 20.1. The molecule has 0 spiro atoms. The Morgan fingerprint density at radius 1 is 0.770 bits per heavy atom. The van der Waals surface area contributed by atoms with Crippen molar-refractivity contribution in [2.45, 2.75) is 112 Å². The van der Waals surface area contributed by atoms with E-state index in [1.807, 2.05) is 115 Å². The van der Waals surface area contributed by atoms with Gasteiger partial charge in [-0.05, 0) is 117 Å². The number of hydrogen-bond acceptors (Lipinski definition) is 17. The van der Waals surface area contributed by atoms with Crippen molar-refractivity contribution < 1.29 is 62.2 Å². The van der Waals surface area contributed by atoms with Gasteiger partial charge in [-0.15, -0.1) is 11.3 Å². The van der Waals surface area contributed by atoms with Crippen LogP contribution in [0.5, 0.6) is 5.75 Å². The summed E-state index contributed by atoms with van der Waals surface area (Å²) in [7, 11) is 0. The number of carbonyl (C=O) groups excluding carboxylic acids is 4. The van der Waals surface area contributed by atoms with Crippen LogP contribution in [0.1, 0.15) is 91.0 Å². The first-order chi connectivity index (χ1) is 41.9. The summed E-state index contributed by atoms with van der Waals surface area (Å²) in [6.45, 7) is 21.7. The van der Waals surface area contributed by atoms with Crippen LogP contribution < -0.4 is 31.1 Å². The smallest absolute Gasteiger partial charge is 0.253 e. The summed E-state index contributed by atoms with van der Waals surface area (Å²) in [5.74, 6) is -0.867. The molecule has 7 rings (SSSR count). The van der Waals surface area contributed by atoms with E-state index in [1.54, 1.807) is 11.3 Å². The largest absolute Gasteiger partial charge is 0.491 e. The lowest BCUT2D eigenvalue weighted by atomic mass is 9.85. The Bertz CT molecular complexity index is 3050. The second kappa shape index (κ2) is 34.2. The average molecular weight is 1220 g/mol. The number of aromatic nitrogens is 2. The van der Waals surface area contributed by atoms with Crippen LogP contribution >= 0.6 is 11.3 Å². The molecule has 21 nitrogen and oxygen atoms in total.